The zero-order chi connectivity index (χ0) is 24.8. The first-order chi connectivity index (χ1) is 17.0. The van der Waals surface area contributed by atoms with Crippen LogP contribution in [0, 0.1) is 13.8 Å². The van der Waals surface area contributed by atoms with Gasteiger partial charge in [-0.05, 0) is 55.9 Å². The number of hydrogen-bond acceptors (Lipinski definition) is 4. The quantitative estimate of drug-likeness (QED) is 0.465. The van der Waals surface area contributed by atoms with Gasteiger partial charge in [0.15, 0.2) is 0 Å². The zero-order valence-corrected chi connectivity index (χ0v) is 21.0. The van der Waals surface area contributed by atoms with Gasteiger partial charge in [0, 0.05) is 36.5 Å². The number of carbonyl (C=O) groups is 3. The molecule has 0 bridgehead atoms. The van der Waals surface area contributed by atoms with Crippen molar-refractivity contribution in [3.8, 4) is 10.4 Å². The largest absolute Gasteiger partial charge is 0.352 e. The van der Waals surface area contributed by atoms with Crippen LogP contribution in [0.4, 0.5) is 5.00 Å². The van der Waals surface area contributed by atoms with Crippen LogP contribution < -0.4 is 10.6 Å². The number of hydrogen-bond donors (Lipinski definition) is 2. The standard InChI is InChI=1S/C28H31N3O3S/c1-19-11-7-8-14-22(19)26(33)29-16-15-23(32)30-27-24(28(34)31-17-9-4-10-18-31)20(2)25(35-27)21-12-5-3-6-13-21/h3,5-8,11-14H,4,9-10,15-18H2,1-2H3,(H,29,33)(H,30,32). The number of anilines is 1. The van der Waals surface area contributed by atoms with Crippen molar-refractivity contribution in [2.75, 3.05) is 25.0 Å². The first-order valence-corrected chi connectivity index (χ1v) is 12.9. The molecule has 1 fully saturated rings. The van der Waals surface area contributed by atoms with Gasteiger partial charge < -0.3 is 15.5 Å². The molecule has 1 aliphatic rings. The Kier molecular flexibility index (Phi) is 7.98. The van der Waals surface area contributed by atoms with Crippen molar-refractivity contribution in [2.24, 2.45) is 0 Å². The van der Waals surface area contributed by atoms with Crippen LogP contribution in [0.3, 0.4) is 0 Å². The number of piperidine rings is 1. The Morgan fingerprint density at radius 1 is 0.914 bits per heavy atom. The van der Waals surface area contributed by atoms with Gasteiger partial charge in [0.1, 0.15) is 5.00 Å². The Balaban J connectivity index is 1.49. The van der Waals surface area contributed by atoms with Gasteiger partial charge in [-0.25, -0.2) is 0 Å². The van der Waals surface area contributed by atoms with Gasteiger partial charge in [0.2, 0.25) is 5.91 Å². The Hall–Kier alpha value is -3.45. The van der Waals surface area contributed by atoms with E-state index in [0.29, 0.717) is 16.1 Å². The van der Waals surface area contributed by atoms with Crippen molar-refractivity contribution in [3.05, 3.63) is 76.9 Å². The zero-order valence-electron chi connectivity index (χ0n) is 20.2. The van der Waals surface area contributed by atoms with Gasteiger partial charge in [0.05, 0.1) is 5.56 Å². The molecule has 0 radical (unpaired) electrons. The average molecular weight is 490 g/mol. The van der Waals surface area contributed by atoms with Gasteiger partial charge in [-0.3, -0.25) is 14.4 Å². The summed E-state index contributed by atoms with van der Waals surface area (Å²) < 4.78 is 0. The van der Waals surface area contributed by atoms with Gasteiger partial charge in [-0.15, -0.1) is 11.3 Å². The molecule has 0 atom stereocenters. The predicted molar refractivity (Wildman–Crippen MR) is 141 cm³/mol. The lowest BCUT2D eigenvalue weighted by Gasteiger charge is -2.27. The maximum absolute atomic E-state index is 13.5. The molecular weight excluding hydrogens is 458 g/mol. The van der Waals surface area contributed by atoms with E-state index >= 15 is 0 Å². The van der Waals surface area contributed by atoms with E-state index in [2.05, 4.69) is 10.6 Å². The third-order valence-corrected chi connectivity index (χ3v) is 7.58. The van der Waals surface area contributed by atoms with Gasteiger partial charge in [-0.2, -0.15) is 0 Å². The van der Waals surface area contributed by atoms with Gasteiger partial charge in [0.25, 0.3) is 11.8 Å². The topological polar surface area (TPSA) is 78.5 Å². The molecule has 4 rings (SSSR count). The van der Waals surface area contributed by atoms with Crippen LogP contribution in [-0.4, -0.2) is 42.3 Å². The number of amides is 3. The van der Waals surface area contributed by atoms with Crippen LogP contribution in [-0.2, 0) is 4.79 Å². The molecule has 3 amide bonds. The Labute approximate surface area is 210 Å². The van der Waals surface area contributed by atoms with E-state index in [-0.39, 0.29) is 30.7 Å². The van der Waals surface area contributed by atoms with Gasteiger partial charge in [-0.1, -0.05) is 48.5 Å². The summed E-state index contributed by atoms with van der Waals surface area (Å²) in [6.07, 6.45) is 3.26. The molecule has 1 aromatic heterocycles. The second-order valence-electron chi connectivity index (χ2n) is 8.85. The highest BCUT2D eigenvalue weighted by molar-refractivity contribution is 7.20. The van der Waals surface area contributed by atoms with Crippen LogP contribution in [0.2, 0.25) is 0 Å². The van der Waals surface area contributed by atoms with E-state index in [1.54, 1.807) is 6.07 Å². The molecule has 2 aromatic carbocycles. The number of rotatable bonds is 7. The normalized spacial score (nSPS) is 13.4. The van der Waals surface area contributed by atoms with Crippen molar-refractivity contribution < 1.29 is 14.4 Å². The molecule has 1 aliphatic heterocycles. The smallest absolute Gasteiger partial charge is 0.257 e. The first-order valence-electron chi connectivity index (χ1n) is 12.1. The van der Waals surface area contributed by atoms with E-state index in [0.717, 1.165) is 53.9 Å². The maximum atomic E-state index is 13.5. The minimum absolute atomic E-state index is 0.0243. The van der Waals surface area contributed by atoms with Crippen molar-refractivity contribution >= 4 is 34.1 Å². The summed E-state index contributed by atoms with van der Waals surface area (Å²) in [5.41, 5.74) is 3.98. The molecule has 0 spiro atoms. The van der Waals surface area contributed by atoms with Crippen molar-refractivity contribution in [1.29, 1.82) is 0 Å². The predicted octanol–water partition coefficient (Wildman–Crippen LogP) is 5.42. The number of carbonyl (C=O) groups excluding carboxylic acids is 3. The third-order valence-electron chi connectivity index (χ3n) is 6.32. The summed E-state index contributed by atoms with van der Waals surface area (Å²) in [5.74, 6) is -0.456. The first kappa shape index (κ1) is 24.7. The highest BCUT2D eigenvalue weighted by atomic mass is 32.1. The summed E-state index contributed by atoms with van der Waals surface area (Å²) >= 11 is 1.43. The van der Waals surface area contributed by atoms with Crippen molar-refractivity contribution in [3.63, 3.8) is 0 Å². The highest BCUT2D eigenvalue weighted by Gasteiger charge is 2.27. The molecule has 2 heterocycles. The molecular formula is C28H31N3O3S. The number of aryl methyl sites for hydroxylation is 1. The average Bonchev–Trinajstić information content (AvgIpc) is 3.20. The van der Waals surface area contributed by atoms with Crippen molar-refractivity contribution in [1.82, 2.24) is 10.2 Å². The second kappa shape index (κ2) is 11.3. The fraction of sp³-hybridized carbons (Fsp3) is 0.321. The van der Waals surface area contributed by atoms with Crippen LogP contribution in [0.5, 0.6) is 0 Å². The highest BCUT2D eigenvalue weighted by Crippen LogP contribution is 2.40. The number of likely N-dealkylation sites (tertiary alicyclic amines) is 1. The second-order valence-corrected chi connectivity index (χ2v) is 9.87. The van der Waals surface area contributed by atoms with Crippen LogP contribution >= 0.6 is 11.3 Å². The maximum Gasteiger partial charge on any atom is 0.257 e. The molecule has 6 nitrogen and oxygen atoms in total. The third kappa shape index (κ3) is 5.80. The summed E-state index contributed by atoms with van der Waals surface area (Å²) in [6.45, 7) is 5.53. The molecule has 0 unspecified atom stereocenters. The van der Waals surface area contributed by atoms with Crippen molar-refractivity contribution in [2.45, 2.75) is 39.5 Å². The Morgan fingerprint density at radius 2 is 1.60 bits per heavy atom. The minimum atomic E-state index is -0.233. The number of nitrogens with zero attached hydrogens (tertiary/aromatic N) is 1. The Morgan fingerprint density at radius 3 is 2.31 bits per heavy atom. The molecule has 0 aliphatic carbocycles. The molecule has 7 heteroatoms. The molecule has 35 heavy (non-hydrogen) atoms. The fourth-order valence-electron chi connectivity index (χ4n) is 4.38. The SMILES string of the molecule is Cc1ccccc1C(=O)NCCC(=O)Nc1sc(-c2ccccc2)c(C)c1C(=O)N1CCCCC1. The van der Waals surface area contributed by atoms with E-state index in [4.69, 9.17) is 0 Å². The van der Waals surface area contributed by atoms with E-state index < -0.39 is 0 Å². The fourth-order valence-corrected chi connectivity index (χ4v) is 5.60. The molecule has 3 aromatic rings. The molecule has 0 saturated carbocycles. The van der Waals surface area contributed by atoms with E-state index in [1.807, 2.05) is 67.3 Å². The lowest BCUT2D eigenvalue weighted by molar-refractivity contribution is -0.116. The van der Waals surface area contributed by atoms with Crippen LogP contribution in [0.1, 0.15) is 57.5 Å². The molecule has 2 N–H and O–H groups in total. The van der Waals surface area contributed by atoms with Crippen LogP contribution in [0.25, 0.3) is 10.4 Å². The summed E-state index contributed by atoms with van der Waals surface area (Å²) in [7, 11) is 0. The van der Waals surface area contributed by atoms with Crippen LogP contribution in [0.15, 0.2) is 54.6 Å². The molecule has 182 valence electrons. The monoisotopic (exact) mass is 489 g/mol. The number of nitrogens with one attached hydrogen (secondary N) is 2. The summed E-state index contributed by atoms with van der Waals surface area (Å²) in [4.78, 5) is 41.6. The number of thiophene rings is 1. The number of benzene rings is 2. The van der Waals surface area contributed by atoms with E-state index in [9.17, 15) is 14.4 Å². The van der Waals surface area contributed by atoms with E-state index in [1.165, 1.54) is 11.3 Å². The summed E-state index contributed by atoms with van der Waals surface area (Å²) in [6, 6.07) is 17.3. The lowest BCUT2D eigenvalue weighted by Crippen LogP contribution is -2.36. The minimum Gasteiger partial charge on any atom is -0.352 e. The Bertz CT molecular complexity index is 1210. The van der Waals surface area contributed by atoms with Gasteiger partial charge >= 0.3 is 0 Å². The summed E-state index contributed by atoms with van der Waals surface area (Å²) in [5, 5.41) is 6.36. The lowest BCUT2D eigenvalue weighted by atomic mass is 10.0. The molecule has 1 saturated heterocycles.